The monoisotopic (exact) mass is 308 g/mol. The summed E-state index contributed by atoms with van der Waals surface area (Å²) in [5.74, 6) is -0.0269. The molecule has 120 valence electrons. The van der Waals surface area contributed by atoms with Crippen molar-refractivity contribution in [2.75, 3.05) is 7.11 Å². The van der Waals surface area contributed by atoms with E-state index in [1.165, 1.54) is 19.2 Å². The van der Waals surface area contributed by atoms with Crippen LogP contribution >= 0.6 is 0 Å². The smallest absolute Gasteiger partial charge is 0.240 e. The van der Waals surface area contributed by atoms with Gasteiger partial charge in [-0.15, -0.1) is 0 Å². The number of aliphatic hydroxyl groups is 1. The third-order valence-corrected chi connectivity index (χ3v) is 4.68. The summed E-state index contributed by atoms with van der Waals surface area (Å²) in [5, 5.41) is 12.5. The molecule has 0 aliphatic heterocycles. The van der Waals surface area contributed by atoms with Gasteiger partial charge >= 0.3 is 0 Å². The van der Waals surface area contributed by atoms with Gasteiger partial charge in [-0.05, 0) is 49.8 Å². The predicted molar refractivity (Wildman–Crippen MR) is 78.7 cm³/mol. The number of ether oxygens (including phenoxy) is 1. The summed E-state index contributed by atoms with van der Waals surface area (Å²) in [4.78, 5) is 12.3. The standard InChI is InChI=1S/C16H21FN2O3/c1-22-13-3-2-10(17)8-12(13)14(9-6-11(20)7-9)19-15(21)16(18)4-5-16/h2-3,8-9,11,14,20H,4-7,18H2,1H3,(H,19,21)/t9?,11?,14-/m0/s1. The van der Waals surface area contributed by atoms with Crippen LogP contribution in [0.4, 0.5) is 4.39 Å². The van der Waals surface area contributed by atoms with E-state index in [1.54, 1.807) is 6.07 Å². The van der Waals surface area contributed by atoms with E-state index in [2.05, 4.69) is 5.32 Å². The van der Waals surface area contributed by atoms with E-state index < -0.39 is 11.6 Å². The molecule has 6 heteroatoms. The zero-order chi connectivity index (χ0) is 15.9. The summed E-state index contributed by atoms with van der Waals surface area (Å²) in [7, 11) is 1.51. The summed E-state index contributed by atoms with van der Waals surface area (Å²) < 4.78 is 18.9. The molecule has 5 nitrogen and oxygen atoms in total. The lowest BCUT2D eigenvalue weighted by Gasteiger charge is -2.39. The third kappa shape index (κ3) is 2.80. The number of nitrogens with two attached hydrogens (primary N) is 1. The highest BCUT2D eigenvalue weighted by Crippen LogP contribution is 2.42. The van der Waals surface area contributed by atoms with Crippen molar-refractivity contribution in [1.82, 2.24) is 5.32 Å². The first kappa shape index (κ1) is 15.2. The second kappa shape index (κ2) is 5.52. The fourth-order valence-corrected chi connectivity index (χ4v) is 2.95. The fourth-order valence-electron chi connectivity index (χ4n) is 2.95. The average Bonchev–Trinajstić information content (AvgIpc) is 3.21. The SMILES string of the molecule is COc1ccc(F)cc1[C@@H](NC(=O)C1(N)CC1)C1CC(O)C1. The summed E-state index contributed by atoms with van der Waals surface area (Å²) >= 11 is 0. The maximum Gasteiger partial charge on any atom is 0.240 e. The van der Waals surface area contributed by atoms with Crippen LogP contribution in [0, 0.1) is 11.7 Å². The Morgan fingerprint density at radius 2 is 2.18 bits per heavy atom. The van der Waals surface area contributed by atoms with Crippen molar-refractivity contribution in [2.45, 2.75) is 43.4 Å². The first-order chi connectivity index (χ1) is 10.4. The second-order valence-corrected chi connectivity index (χ2v) is 6.38. The van der Waals surface area contributed by atoms with Crippen molar-refractivity contribution < 1.29 is 19.0 Å². The Kier molecular flexibility index (Phi) is 3.82. The highest BCUT2D eigenvalue weighted by molar-refractivity contribution is 5.89. The number of amides is 1. The van der Waals surface area contributed by atoms with Crippen LogP contribution in [-0.4, -0.2) is 29.8 Å². The molecule has 2 aliphatic rings. The van der Waals surface area contributed by atoms with Crippen molar-refractivity contribution in [3.05, 3.63) is 29.6 Å². The molecule has 22 heavy (non-hydrogen) atoms. The zero-order valence-corrected chi connectivity index (χ0v) is 12.5. The van der Waals surface area contributed by atoms with Crippen molar-refractivity contribution in [1.29, 1.82) is 0 Å². The van der Waals surface area contributed by atoms with Gasteiger partial charge in [-0.25, -0.2) is 4.39 Å². The van der Waals surface area contributed by atoms with Crippen LogP contribution in [0.3, 0.4) is 0 Å². The zero-order valence-electron chi connectivity index (χ0n) is 12.5. The maximum atomic E-state index is 13.6. The van der Waals surface area contributed by atoms with Crippen molar-refractivity contribution in [3.63, 3.8) is 0 Å². The molecule has 2 aliphatic carbocycles. The number of hydrogen-bond donors (Lipinski definition) is 3. The number of methoxy groups -OCH3 is 1. The molecule has 0 aromatic heterocycles. The van der Waals surface area contributed by atoms with Crippen molar-refractivity contribution >= 4 is 5.91 Å². The Morgan fingerprint density at radius 3 is 2.73 bits per heavy atom. The maximum absolute atomic E-state index is 13.6. The van der Waals surface area contributed by atoms with Gasteiger partial charge in [-0.3, -0.25) is 4.79 Å². The summed E-state index contributed by atoms with van der Waals surface area (Å²) in [6, 6.07) is 3.85. The molecule has 1 amide bonds. The summed E-state index contributed by atoms with van der Waals surface area (Å²) in [6.45, 7) is 0. The largest absolute Gasteiger partial charge is 0.496 e. The molecule has 1 aromatic carbocycles. The fraction of sp³-hybridized carbons (Fsp3) is 0.562. The Balaban J connectivity index is 1.88. The van der Waals surface area contributed by atoms with Crippen LogP contribution in [0.15, 0.2) is 18.2 Å². The van der Waals surface area contributed by atoms with Crippen LogP contribution in [-0.2, 0) is 4.79 Å². The van der Waals surface area contributed by atoms with Gasteiger partial charge in [0.2, 0.25) is 5.91 Å². The van der Waals surface area contributed by atoms with Crippen LogP contribution < -0.4 is 15.8 Å². The van der Waals surface area contributed by atoms with Gasteiger partial charge in [0.25, 0.3) is 0 Å². The van der Waals surface area contributed by atoms with E-state index in [0.29, 0.717) is 37.0 Å². The van der Waals surface area contributed by atoms with E-state index in [0.717, 1.165) is 0 Å². The molecule has 4 N–H and O–H groups in total. The minimum Gasteiger partial charge on any atom is -0.496 e. The number of carbonyl (C=O) groups excluding carboxylic acids is 1. The molecule has 2 fully saturated rings. The molecular formula is C16H21FN2O3. The minimum absolute atomic E-state index is 0.0528. The quantitative estimate of drug-likeness (QED) is 0.764. The number of benzene rings is 1. The molecular weight excluding hydrogens is 287 g/mol. The van der Waals surface area contributed by atoms with Gasteiger partial charge in [0.1, 0.15) is 11.6 Å². The molecule has 1 aromatic rings. The minimum atomic E-state index is -0.791. The van der Waals surface area contributed by atoms with E-state index >= 15 is 0 Å². The van der Waals surface area contributed by atoms with Crippen LogP contribution in [0.5, 0.6) is 5.75 Å². The number of halogens is 1. The average molecular weight is 308 g/mol. The molecule has 3 rings (SSSR count). The topological polar surface area (TPSA) is 84.6 Å². The summed E-state index contributed by atoms with van der Waals surface area (Å²) in [5.41, 5.74) is 5.74. The van der Waals surface area contributed by atoms with E-state index in [-0.39, 0.29) is 23.7 Å². The van der Waals surface area contributed by atoms with E-state index in [9.17, 15) is 14.3 Å². The molecule has 0 spiro atoms. The highest BCUT2D eigenvalue weighted by atomic mass is 19.1. The molecule has 0 bridgehead atoms. The molecule has 0 heterocycles. The van der Waals surface area contributed by atoms with Crippen LogP contribution in [0.1, 0.15) is 37.3 Å². The first-order valence-electron chi connectivity index (χ1n) is 7.54. The Bertz CT molecular complexity index is 583. The lowest BCUT2D eigenvalue weighted by Crippen LogP contribution is -2.48. The lowest BCUT2D eigenvalue weighted by molar-refractivity contribution is -0.125. The van der Waals surface area contributed by atoms with Crippen LogP contribution in [0.25, 0.3) is 0 Å². The summed E-state index contributed by atoms with van der Waals surface area (Å²) in [6.07, 6.45) is 2.11. The highest BCUT2D eigenvalue weighted by Gasteiger charge is 2.48. The Hall–Kier alpha value is -1.66. The molecule has 1 atom stereocenters. The van der Waals surface area contributed by atoms with Gasteiger partial charge in [0.05, 0.1) is 24.8 Å². The van der Waals surface area contributed by atoms with Crippen LogP contribution in [0.2, 0.25) is 0 Å². The van der Waals surface area contributed by atoms with Gasteiger partial charge in [-0.1, -0.05) is 0 Å². The van der Waals surface area contributed by atoms with Crippen molar-refractivity contribution in [2.24, 2.45) is 11.7 Å². The third-order valence-electron chi connectivity index (χ3n) is 4.68. The number of carbonyl (C=O) groups is 1. The van der Waals surface area contributed by atoms with Gasteiger partial charge in [0, 0.05) is 5.56 Å². The first-order valence-corrected chi connectivity index (χ1v) is 7.54. The molecule has 0 radical (unpaired) electrons. The second-order valence-electron chi connectivity index (χ2n) is 6.38. The predicted octanol–water partition coefficient (Wildman–Crippen LogP) is 1.25. The molecule has 2 saturated carbocycles. The van der Waals surface area contributed by atoms with Crippen molar-refractivity contribution in [3.8, 4) is 5.75 Å². The number of hydrogen-bond acceptors (Lipinski definition) is 4. The molecule has 0 saturated heterocycles. The Labute approximate surface area is 128 Å². The normalized spacial score (nSPS) is 26.7. The van der Waals surface area contributed by atoms with Gasteiger partial charge < -0.3 is 20.9 Å². The molecule has 0 unspecified atom stereocenters. The lowest BCUT2D eigenvalue weighted by atomic mass is 9.74. The number of aliphatic hydroxyl groups excluding tert-OH is 1. The van der Waals surface area contributed by atoms with E-state index in [4.69, 9.17) is 10.5 Å². The number of nitrogens with one attached hydrogen (secondary N) is 1. The number of rotatable bonds is 5. The van der Waals surface area contributed by atoms with E-state index in [1.807, 2.05) is 0 Å². The Morgan fingerprint density at radius 1 is 1.50 bits per heavy atom. The van der Waals surface area contributed by atoms with Gasteiger partial charge in [-0.2, -0.15) is 0 Å². The van der Waals surface area contributed by atoms with Gasteiger partial charge in [0.15, 0.2) is 0 Å².